The highest BCUT2D eigenvalue weighted by atomic mass is 19.4. The van der Waals surface area contributed by atoms with Crippen molar-refractivity contribution in [1.82, 2.24) is 24.7 Å². The average molecular weight is 510 g/mol. The third-order valence-electron chi connectivity index (χ3n) is 4.41. The van der Waals surface area contributed by atoms with Gasteiger partial charge in [0, 0.05) is 12.7 Å². The molecule has 0 aliphatic heterocycles. The fourth-order valence-electron chi connectivity index (χ4n) is 2.81. The topological polar surface area (TPSA) is 162 Å². The molecule has 2 aromatic heterocycles. The van der Waals surface area contributed by atoms with Gasteiger partial charge in [-0.1, -0.05) is 12.1 Å². The summed E-state index contributed by atoms with van der Waals surface area (Å²) >= 11 is 0. The summed E-state index contributed by atoms with van der Waals surface area (Å²) in [4.78, 5) is 22.7. The second-order valence-corrected chi connectivity index (χ2v) is 7.46. The molecule has 0 spiro atoms. The van der Waals surface area contributed by atoms with Crippen molar-refractivity contribution in [2.45, 2.75) is 32.1 Å². The smallest absolute Gasteiger partial charge is 0.422 e. The number of unbranched alkanes of at least 4 members (excludes halogenated alkanes) is 1. The molecule has 0 unspecified atom stereocenters. The Balaban J connectivity index is 1.67. The van der Waals surface area contributed by atoms with Crippen LogP contribution in [0, 0.1) is 0 Å². The molecule has 3 rings (SSSR count). The molecule has 0 bridgehead atoms. The highest BCUT2D eigenvalue weighted by Crippen LogP contribution is 2.20. The van der Waals surface area contributed by atoms with E-state index in [4.69, 9.17) is 15.6 Å². The van der Waals surface area contributed by atoms with E-state index in [1.165, 1.54) is 12.4 Å². The normalized spacial score (nSPS) is 11.2. The minimum Gasteiger partial charge on any atom is -0.494 e. The fourth-order valence-corrected chi connectivity index (χ4v) is 2.81. The van der Waals surface area contributed by atoms with Crippen molar-refractivity contribution in [2.24, 2.45) is 5.73 Å². The molecule has 36 heavy (non-hydrogen) atoms. The second-order valence-electron chi connectivity index (χ2n) is 7.46. The molecule has 2 heterocycles. The van der Waals surface area contributed by atoms with Crippen LogP contribution in [0.4, 0.5) is 30.8 Å². The number of nitrogens with two attached hydrogens (primary N) is 1. The van der Waals surface area contributed by atoms with E-state index >= 15 is 0 Å². The molecule has 5 N–H and O–H groups in total. The molecule has 3 aromatic rings. The number of hydrogen-bond acceptors (Lipinski definition) is 10. The summed E-state index contributed by atoms with van der Waals surface area (Å²) in [5.41, 5.74) is 6.61. The van der Waals surface area contributed by atoms with E-state index in [9.17, 15) is 18.0 Å². The lowest BCUT2D eigenvalue weighted by Gasteiger charge is -2.12. The minimum absolute atomic E-state index is 0.0373. The predicted octanol–water partition coefficient (Wildman–Crippen LogP) is 2.57. The minimum atomic E-state index is -4.58. The molecule has 0 atom stereocenters. The van der Waals surface area contributed by atoms with Gasteiger partial charge in [0.2, 0.25) is 11.9 Å². The SMILES string of the molecule is NCCCCOc1ccc(CNc2nc(Nc3cnn(CC(=O)O)c3)nc(OCC(F)(F)F)n2)cc1. The van der Waals surface area contributed by atoms with Gasteiger partial charge in [0.15, 0.2) is 6.61 Å². The molecular formula is C21H25F3N8O4. The van der Waals surface area contributed by atoms with E-state index in [1.54, 1.807) is 12.1 Å². The van der Waals surface area contributed by atoms with Crippen molar-refractivity contribution in [2.75, 3.05) is 30.4 Å². The van der Waals surface area contributed by atoms with Gasteiger partial charge in [-0.05, 0) is 37.1 Å². The van der Waals surface area contributed by atoms with E-state index in [0.717, 1.165) is 23.1 Å². The number of anilines is 3. The van der Waals surface area contributed by atoms with Gasteiger partial charge in [0.25, 0.3) is 0 Å². The number of aliphatic carboxylic acids is 1. The Kier molecular flexibility index (Phi) is 9.21. The van der Waals surface area contributed by atoms with Crippen LogP contribution in [0.3, 0.4) is 0 Å². The first-order valence-corrected chi connectivity index (χ1v) is 10.8. The summed E-state index contributed by atoms with van der Waals surface area (Å²) in [5.74, 6) is -0.551. The van der Waals surface area contributed by atoms with E-state index in [1.807, 2.05) is 12.1 Å². The van der Waals surface area contributed by atoms with E-state index in [0.29, 0.717) is 24.6 Å². The zero-order valence-electron chi connectivity index (χ0n) is 19.0. The Morgan fingerprint density at radius 1 is 1.08 bits per heavy atom. The van der Waals surface area contributed by atoms with Crippen LogP contribution in [0.15, 0.2) is 36.7 Å². The zero-order valence-corrected chi connectivity index (χ0v) is 19.0. The lowest BCUT2D eigenvalue weighted by molar-refractivity contribution is -0.154. The fraction of sp³-hybridized carbons (Fsp3) is 0.381. The lowest BCUT2D eigenvalue weighted by Crippen LogP contribution is -2.20. The second kappa shape index (κ2) is 12.5. The number of nitrogens with one attached hydrogen (secondary N) is 2. The Morgan fingerprint density at radius 3 is 2.53 bits per heavy atom. The number of benzene rings is 1. The van der Waals surface area contributed by atoms with Crippen LogP contribution in [-0.4, -0.2) is 61.7 Å². The standard InChI is InChI=1S/C21H25F3N8O4/c22-21(23,24)13-36-20-30-18(26-9-14-3-5-16(6-4-14)35-8-2-1-7-25)29-19(31-20)28-15-10-27-32(11-15)12-17(33)34/h3-6,10-11H,1-2,7-9,12-13,25H2,(H,33,34)(H2,26,28,29,30,31). The van der Waals surface area contributed by atoms with Gasteiger partial charge in [-0.25, -0.2) is 0 Å². The molecule has 194 valence electrons. The molecule has 0 aliphatic carbocycles. The first kappa shape index (κ1) is 26.5. The Bertz CT molecular complexity index is 1130. The zero-order chi connectivity index (χ0) is 26.0. The van der Waals surface area contributed by atoms with E-state index in [2.05, 4.69) is 35.4 Å². The molecular weight excluding hydrogens is 485 g/mol. The Labute approximate surface area is 203 Å². The summed E-state index contributed by atoms with van der Waals surface area (Å²) in [6.45, 7) is -0.528. The molecule has 0 radical (unpaired) electrons. The van der Waals surface area contributed by atoms with Gasteiger partial charge in [0.05, 0.1) is 18.5 Å². The molecule has 0 amide bonds. The third kappa shape index (κ3) is 9.25. The van der Waals surface area contributed by atoms with Crippen molar-refractivity contribution in [1.29, 1.82) is 0 Å². The highest BCUT2D eigenvalue weighted by Gasteiger charge is 2.29. The third-order valence-corrected chi connectivity index (χ3v) is 4.41. The summed E-state index contributed by atoms with van der Waals surface area (Å²) in [5, 5.41) is 18.4. The Morgan fingerprint density at radius 2 is 1.83 bits per heavy atom. The van der Waals surface area contributed by atoms with Crippen LogP contribution in [0.25, 0.3) is 0 Å². The van der Waals surface area contributed by atoms with Crippen molar-refractivity contribution < 1.29 is 32.5 Å². The van der Waals surface area contributed by atoms with Gasteiger partial charge in [0.1, 0.15) is 12.3 Å². The summed E-state index contributed by atoms with van der Waals surface area (Å²) in [7, 11) is 0. The summed E-state index contributed by atoms with van der Waals surface area (Å²) < 4.78 is 49.3. The lowest BCUT2D eigenvalue weighted by atomic mass is 10.2. The molecule has 15 heteroatoms. The summed E-state index contributed by atoms with van der Waals surface area (Å²) in [6.07, 6.45) is -0.157. The number of carbonyl (C=O) groups is 1. The number of alkyl halides is 3. The van der Waals surface area contributed by atoms with Crippen molar-refractivity contribution >= 4 is 23.6 Å². The maximum atomic E-state index is 12.6. The first-order chi connectivity index (χ1) is 17.2. The number of ether oxygens (including phenoxy) is 2. The molecule has 1 aromatic carbocycles. The summed E-state index contributed by atoms with van der Waals surface area (Å²) in [6, 6.07) is 6.69. The van der Waals surface area contributed by atoms with Crippen LogP contribution in [0.5, 0.6) is 11.8 Å². The van der Waals surface area contributed by atoms with Crippen molar-refractivity contribution in [3.63, 3.8) is 0 Å². The number of carboxylic acid groups (broad SMARTS) is 1. The van der Waals surface area contributed by atoms with Gasteiger partial charge in [-0.2, -0.15) is 33.2 Å². The van der Waals surface area contributed by atoms with Crippen LogP contribution >= 0.6 is 0 Å². The van der Waals surface area contributed by atoms with Crippen LogP contribution < -0.4 is 25.8 Å². The van der Waals surface area contributed by atoms with Crippen LogP contribution in [-0.2, 0) is 17.9 Å². The van der Waals surface area contributed by atoms with Crippen LogP contribution in [0.2, 0.25) is 0 Å². The van der Waals surface area contributed by atoms with E-state index in [-0.39, 0.29) is 25.0 Å². The monoisotopic (exact) mass is 510 g/mol. The quantitative estimate of drug-likeness (QED) is 0.236. The van der Waals surface area contributed by atoms with Gasteiger partial charge < -0.3 is 30.9 Å². The van der Waals surface area contributed by atoms with Crippen molar-refractivity contribution in [3.8, 4) is 11.8 Å². The number of carboxylic acids is 1. The number of hydrogen-bond donors (Lipinski definition) is 4. The largest absolute Gasteiger partial charge is 0.494 e. The molecule has 0 saturated heterocycles. The molecule has 12 nitrogen and oxygen atoms in total. The molecule has 0 fully saturated rings. The molecule has 0 saturated carbocycles. The first-order valence-electron chi connectivity index (χ1n) is 10.8. The van der Waals surface area contributed by atoms with Gasteiger partial charge in [-0.15, -0.1) is 0 Å². The van der Waals surface area contributed by atoms with Gasteiger partial charge in [-0.3, -0.25) is 9.48 Å². The number of nitrogens with zero attached hydrogens (tertiary/aromatic N) is 5. The maximum Gasteiger partial charge on any atom is 0.422 e. The average Bonchev–Trinajstić information content (AvgIpc) is 3.25. The van der Waals surface area contributed by atoms with Gasteiger partial charge >= 0.3 is 18.2 Å². The van der Waals surface area contributed by atoms with Crippen LogP contribution in [0.1, 0.15) is 18.4 Å². The molecule has 0 aliphatic rings. The number of rotatable bonds is 14. The Hall–Kier alpha value is -4.14. The predicted molar refractivity (Wildman–Crippen MR) is 122 cm³/mol. The maximum absolute atomic E-state index is 12.6. The van der Waals surface area contributed by atoms with Crippen molar-refractivity contribution in [3.05, 3.63) is 42.2 Å². The van der Waals surface area contributed by atoms with E-state index < -0.39 is 24.8 Å². The number of aromatic nitrogens is 5. The number of halogens is 3. The highest BCUT2D eigenvalue weighted by molar-refractivity contribution is 5.66.